The molecule has 0 radical (unpaired) electrons. The predicted molar refractivity (Wildman–Crippen MR) is 127 cm³/mol. The second-order valence-corrected chi connectivity index (χ2v) is 8.99. The molecule has 7 heteroatoms. The van der Waals surface area contributed by atoms with Gasteiger partial charge < -0.3 is 14.6 Å². The first-order valence-corrected chi connectivity index (χ1v) is 11.5. The van der Waals surface area contributed by atoms with E-state index in [9.17, 15) is 14.4 Å². The zero-order valence-corrected chi connectivity index (χ0v) is 19.5. The standard InChI is InChI=1S/C27H27N3O4/c1-17-15-21(19(3)30(17)18(2)20-9-5-4-6-10-20)23(31)16-29-25(32)27(28-26(29)33)13-14-34-24-12-8-7-11-22(24)27/h4-12,15,18H,13-14,16H2,1-3H3,(H,28,33)/t18-,27+/m1/s1. The summed E-state index contributed by atoms with van der Waals surface area (Å²) in [5, 5.41) is 2.85. The number of aromatic nitrogens is 1. The number of fused-ring (bicyclic) bond motifs is 2. The SMILES string of the molecule is Cc1cc(C(=O)CN2C(=O)N[C@]3(CCOc4ccccc43)C2=O)c(C)n1[C@H](C)c1ccccc1. The van der Waals surface area contributed by atoms with Gasteiger partial charge in [0.05, 0.1) is 19.2 Å². The summed E-state index contributed by atoms with van der Waals surface area (Å²) in [6, 6.07) is 18.6. The highest BCUT2D eigenvalue weighted by Crippen LogP contribution is 2.41. The van der Waals surface area contributed by atoms with E-state index in [4.69, 9.17) is 4.74 Å². The molecule has 3 aromatic rings. The molecule has 7 nitrogen and oxygen atoms in total. The Morgan fingerprint density at radius 3 is 2.56 bits per heavy atom. The topological polar surface area (TPSA) is 80.6 Å². The number of amides is 3. The average Bonchev–Trinajstić information content (AvgIpc) is 3.27. The quantitative estimate of drug-likeness (QED) is 0.462. The van der Waals surface area contributed by atoms with Crippen LogP contribution in [-0.4, -0.2) is 40.3 Å². The lowest BCUT2D eigenvalue weighted by Crippen LogP contribution is -2.47. The smallest absolute Gasteiger partial charge is 0.325 e. The van der Waals surface area contributed by atoms with Crippen LogP contribution >= 0.6 is 0 Å². The van der Waals surface area contributed by atoms with Crippen molar-refractivity contribution in [2.24, 2.45) is 0 Å². The van der Waals surface area contributed by atoms with Crippen LogP contribution in [0, 0.1) is 13.8 Å². The van der Waals surface area contributed by atoms with Gasteiger partial charge in [0.15, 0.2) is 11.3 Å². The Bertz CT molecular complexity index is 1300. The first-order chi connectivity index (χ1) is 16.3. The van der Waals surface area contributed by atoms with Crippen LogP contribution < -0.4 is 10.1 Å². The van der Waals surface area contributed by atoms with Gasteiger partial charge in [-0.05, 0) is 38.5 Å². The number of benzene rings is 2. The number of urea groups is 1. The van der Waals surface area contributed by atoms with Gasteiger partial charge in [0.1, 0.15) is 5.75 Å². The summed E-state index contributed by atoms with van der Waals surface area (Å²) in [5.74, 6) is -0.0948. The fourth-order valence-electron chi connectivity index (χ4n) is 5.28. The van der Waals surface area contributed by atoms with Gasteiger partial charge in [0.25, 0.3) is 5.91 Å². The first-order valence-electron chi connectivity index (χ1n) is 11.5. The third-order valence-corrected chi connectivity index (χ3v) is 7.01. The lowest BCUT2D eigenvalue weighted by Gasteiger charge is -2.33. The molecule has 1 aromatic heterocycles. The molecule has 2 aromatic carbocycles. The molecular formula is C27H27N3O4. The Morgan fingerprint density at radius 2 is 1.79 bits per heavy atom. The maximum atomic E-state index is 13.5. The molecule has 1 fully saturated rings. The van der Waals surface area contributed by atoms with E-state index < -0.39 is 17.5 Å². The lowest BCUT2D eigenvalue weighted by molar-refractivity contribution is -0.132. The van der Waals surface area contributed by atoms with E-state index in [1.807, 2.05) is 50.2 Å². The fraction of sp³-hybridized carbons (Fsp3) is 0.296. The minimum Gasteiger partial charge on any atom is -0.493 e. The van der Waals surface area contributed by atoms with Crippen LogP contribution in [0.4, 0.5) is 4.79 Å². The zero-order chi connectivity index (χ0) is 24.0. The van der Waals surface area contributed by atoms with Crippen molar-refractivity contribution in [3.05, 3.63) is 88.7 Å². The largest absolute Gasteiger partial charge is 0.493 e. The molecule has 1 N–H and O–H groups in total. The van der Waals surface area contributed by atoms with Crippen LogP contribution in [0.1, 0.15) is 52.3 Å². The Morgan fingerprint density at radius 1 is 1.09 bits per heavy atom. The van der Waals surface area contributed by atoms with Crippen molar-refractivity contribution < 1.29 is 19.1 Å². The maximum absolute atomic E-state index is 13.5. The van der Waals surface area contributed by atoms with Gasteiger partial charge in [0, 0.05) is 28.9 Å². The molecule has 3 heterocycles. The molecular weight excluding hydrogens is 430 g/mol. The Hall–Kier alpha value is -3.87. The molecule has 174 valence electrons. The van der Waals surface area contributed by atoms with Crippen molar-refractivity contribution in [3.8, 4) is 5.75 Å². The molecule has 0 aliphatic carbocycles. The molecule has 0 bridgehead atoms. The highest BCUT2D eigenvalue weighted by Gasteiger charge is 2.55. The molecule has 1 saturated heterocycles. The van der Waals surface area contributed by atoms with Crippen LogP contribution in [0.2, 0.25) is 0 Å². The van der Waals surface area contributed by atoms with Crippen LogP contribution in [0.3, 0.4) is 0 Å². The van der Waals surface area contributed by atoms with E-state index in [0.29, 0.717) is 29.9 Å². The fourth-order valence-corrected chi connectivity index (χ4v) is 5.28. The Balaban J connectivity index is 1.42. The van der Waals surface area contributed by atoms with E-state index in [2.05, 4.69) is 28.9 Å². The van der Waals surface area contributed by atoms with Crippen LogP contribution in [0.5, 0.6) is 5.75 Å². The molecule has 2 aliphatic rings. The summed E-state index contributed by atoms with van der Waals surface area (Å²) in [6.45, 7) is 5.96. The first kappa shape index (κ1) is 21.9. The number of ether oxygens (including phenoxy) is 1. The van der Waals surface area contributed by atoms with Crippen LogP contribution in [-0.2, 0) is 10.3 Å². The maximum Gasteiger partial charge on any atom is 0.325 e. The number of nitrogens with one attached hydrogen (secondary N) is 1. The van der Waals surface area contributed by atoms with E-state index in [0.717, 1.165) is 21.9 Å². The number of hydrogen-bond acceptors (Lipinski definition) is 4. The highest BCUT2D eigenvalue weighted by molar-refractivity contribution is 6.12. The predicted octanol–water partition coefficient (Wildman–Crippen LogP) is 4.13. The monoisotopic (exact) mass is 457 g/mol. The summed E-state index contributed by atoms with van der Waals surface area (Å²) in [4.78, 5) is 40.8. The van der Waals surface area contributed by atoms with Crippen molar-refractivity contribution in [1.29, 1.82) is 0 Å². The Labute approximate surface area is 198 Å². The average molecular weight is 458 g/mol. The number of Topliss-reactive ketones (excluding diaryl/α,β-unsaturated/α-hetero) is 1. The number of carbonyl (C=O) groups excluding carboxylic acids is 3. The molecule has 5 rings (SSSR count). The lowest BCUT2D eigenvalue weighted by atomic mass is 9.84. The number of imide groups is 1. The number of carbonyl (C=O) groups is 3. The third-order valence-electron chi connectivity index (χ3n) is 7.01. The van der Waals surface area contributed by atoms with E-state index in [-0.39, 0.29) is 18.4 Å². The zero-order valence-electron chi connectivity index (χ0n) is 19.5. The number of aryl methyl sites for hydroxylation is 1. The number of ketones is 1. The number of hydrogen-bond donors (Lipinski definition) is 1. The second-order valence-electron chi connectivity index (χ2n) is 8.99. The van der Waals surface area contributed by atoms with E-state index >= 15 is 0 Å². The number of para-hydroxylation sites is 1. The van der Waals surface area contributed by atoms with Gasteiger partial charge in [-0.2, -0.15) is 0 Å². The normalized spacial score (nSPS) is 20.1. The Kier molecular flexibility index (Phi) is 5.27. The van der Waals surface area contributed by atoms with Crippen molar-refractivity contribution in [3.63, 3.8) is 0 Å². The molecule has 34 heavy (non-hydrogen) atoms. The summed E-state index contributed by atoms with van der Waals surface area (Å²) in [5.41, 5.74) is 2.86. The molecule has 0 unspecified atom stereocenters. The van der Waals surface area contributed by atoms with Gasteiger partial charge in [-0.15, -0.1) is 0 Å². The van der Waals surface area contributed by atoms with Crippen molar-refractivity contribution >= 4 is 17.7 Å². The van der Waals surface area contributed by atoms with E-state index in [1.54, 1.807) is 12.1 Å². The van der Waals surface area contributed by atoms with Gasteiger partial charge in [0.2, 0.25) is 0 Å². The molecule has 2 atom stereocenters. The number of rotatable bonds is 5. The summed E-state index contributed by atoms with van der Waals surface area (Å²) in [6.07, 6.45) is 0.322. The van der Waals surface area contributed by atoms with Gasteiger partial charge in [-0.3, -0.25) is 14.5 Å². The minimum absolute atomic E-state index is 0.0430. The summed E-state index contributed by atoms with van der Waals surface area (Å²) in [7, 11) is 0. The second kappa shape index (κ2) is 8.17. The number of nitrogens with zero attached hydrogens (tertiary/aromatic N) is 2. The molecule has 0 saturated carbocycles. The molecule has 1 spiro atoms. The van der Waals surface area contributed by atoms with Gasteiger partial charge in [-0.25, -0.2) is 4.79 Å². The summed E-state index contributed by atoms with van der Waals surface area (Å²) < 4.78 is 7.79. The van der Waals surface area contributed by atoms with Crippen LogP contribution in [0.25, 0.3) is 0 Å². The summed E-state index contributed by atoms with van der Waals surface area (Å²) >= 11 is 0. The van der Waals surface area contributed by atoms with E-state index in [1.165, 1.54) is 0 Å². The third kappa shape index (κ3) is 3.31. The highest BCUT2D eigenvalue weighted by atomic mass is 16.5. The van der Waals surface area contributed by atoms with Crippen molar-refractivity contribution in [2.45, 2.75) is 38.8 Å². The van der Waals surface area contributed by atoms with Crippen molar-refractivity contribution in [2.75, 3.05) is 13.2 Å². The molecule has 2 aliphatic heterocycles. The van der Waals surface area contributed by atoms with Crippen LogP contribution in [0.15, 0.2) is 60.7 Å². The van der Waals surface area contributed by atoms with Gasteiger partial charge in [-0.1, -0.05) is 48.5 Å². The van der Waals surface area contributed by atoms with Crippen molar-refractivity contribution in [1.82, 2.24) is 14.8 Å². The minimum atomic E-state index is -1.19. The molecule has 3 amide bonds. The van der Waals surface area contributed by atoms with Gasteiger partial charge >= 0.3 is 6.03 Å².